The number of likely N-dealkylation sites (tertiary alicyclic amines) is 1. The van der Waals surface area contributed by atoms with Crippen LogP contribution in [0.25, 0.3) is 11.4 Å². The van der Waals surface area contributed by atoms with Crippen molar-refractivity contribution in [1.82, 2.24) is 25.0 Å². The van der Waals surface area contributed by atoms with Crippen molar-refractivity contribution in [2.24, 2.45) is 5.92 Å². The first-order valence-corrected chi connectivity index (χ1v) is 8.21. The van der Waals surface area contributed by atoms with Gasteiger partial charge in [-0.1, -0.05) is 11.2 Å². The number of aromatic nitrogens is 4. The van der Waals surface area contributed by atoms with Crippen LogP contribution in [0.5, 0.6) is 0 Å². The van der Waals surface area contributed by atoms with Crippen molar-refractivity contribution in [2.45, 2.75) is 19.4 Å². The van der Waals surface area contributed by atoms with Crippen LogP contribution in [0.4, 0.5) is 0 Å². The predicted octanol–water partition coefficient (Wildman–Crippen LogP) is 2.59. The molecule has 0 N–H and O–H groups in total. The van der Waals surface area contributed by atoms with Gasteiger partial charge >= 0.3 is 0 Å². The minimum absolute atomic E-state index is 0.624. The highest BCUT2D eigenvalue weighted by Crippen LogP contribution is 2.22. The molecule has 0 saturated carbocycles. The van der Waals surface area contributed by atoms with Gasteiger partial charge in [0.05, 0.1) is 6.54 Å². The molecule has 1 atom stereocenters. The molecule has 4 rings (SSSR count). The molecule has 1 fully saturated rings. The van der Waals surface area contributed by atoms with Crippen LogP contribution in [0.15, 0.2) is 53.6 Å². The standard InChI is InChI=1S/C18H19N5O/c1-2-14(11-20-6-1)10-15-5-9-23(12-15)13-17-21-18(22-24-17)16-3-7-19-8-4-16/h1-4,6-8,11,15H,5,9-10,12-13H2. The second-order valence-corrected chi connectivity index (χ2v) is 6.20. The van der Waals surface area contributed by atoms with Gasteiger partial charge in [0.15, 0.2) is 0 Å². The maximum atomic E-state index is 5.40. The zero-order valence-electron chi connectivity index (χ0n) is 13.4. The van der Waals surface area contributed by atoms with Crippen molar-refractivity contribution in [3.8, 4) is 11.4 Å². The molecule has 1 aliphatic heterocycles. The van der Waals surface area contributed by atoms with E-state index in [1.54, 1.807) is 12.4 Å². The van der Waals surface area contributed by atoms with Crippen molar-refractivity contribution >= 4 is 0 Å². The topological polar surface area (TPSA) is 67.9 Å². The Labute approximate surface area is 140 Å². The van der Waals surface area contributed by atoms with Crippen molar-refractivity contribution in [2.75, 3.05) is 13.1 Å². The predicted molar refractivity (Wildman–Crippen MR) is 88.9 cm³/mol. The molecule has 6 nitrogen and oxygen atoms in total. The summed E-state index contributed by atoms with van der Waals surface area (Å²) in [6, 6.07) is 7.92. The van der Waals surface area contributed by atoms with E-state index in [1.807, 2.05) is 30.6 Å². The fourth-order valence-electron chi connectivity index (χ4n) is 3.20. The summed E-state index contributed by atoms with van der Waals surface area (Å²) >= 11 is 0. The Morgan fingerprint density at radius 3 is 2.88 bits per heavy atom. The van der Waals surface area contributed by atoms with Gasteiger partial charge in [-0.05, 0) is 49.1 Å². The van der Waals surface area contributed by atoms with Gasteiger partial charge in [-0.2, -0.15) is 4.98 Å². The number of hydrogen-bond donors (Lipinski definition) is 0. The maximum Gasteiger partial charge on any atom is 0.241 e. The van der Waals surface area contributed by atoms with Crippen molar-refractivity contribution < 1.29 is 4.52 Å². The Balaban J connectivity index is 1.34. The maximum absolute atomic E-state index is 5.40. The van der Waals surface area contributed by atoms with Crippen LogP contribution in [0.1, 0.15) is 17.9 Å². The second-order valence-electron chi connectivity index (χ2n) is 6.20. The summed E-state index contributed by atoms with van der Waals surface area (Å²) in [4.78, 5) is 15.1. The van der Waals surface area contributed by atoms with Crippen LogP contribution in [0, 0.1) is 5.92 Å². The van der Waals surface area contributed by atoms with Gasteiger partial charge in [0.2, 0.25) is 11.7 Å². The summed E-state index contributed by atoms with van der Waals surface area (Å²) < 4.78 is 5.40. The number of hydrogen-bond acceptors (Lipinski definition) is 6. The Morgan fingerprint density at radius 2 is 2.04 bits per heavy atom. The van der Waals surface area contributed by atoms with E-state index in [9.17, 15) is 0 Å². The van der Waals surface area contributed by atoms with Crippen LogP contribution in [0.3, 0.4) is 0 Å². The van der Waals surface area contributed by atoms with Crippen LogP contribution < -0.4 is 0 Å². The van der Waals surface area contributed by atoms with E-state index >= 15 is 0 Å². The fourth-order valence-corrected chi connectivity index (χ4v) is 3.20. The lowest BCUT2D eigenvalue weighted by Gasteiger charge is -2.13. The molecule has 0 aromatic carbocycles. The van der Waals surface area contributed by atoms with Crippen molar-refractivity contribution in [3.05, 3.63) is 60.5 Å². The third-order valence-corrected chi connectivity index (χ3v) is 4.38. The Morgan fingerprint density at radius 1 is 1.12 bits per heavy atom. The molecule has 122 valence electrons. The summed E-state index contributed by atoms with van der Waals surface area (Å²) in [5, 5.41) is 4.07. The third-order valence-electron chi connectivity index (χ3n) is 4.38. The fraction of sp³-hybridized carbons (Fsp3) is 0.333. The molecule has 6 heteroatoms. The molecule has 3 aromatic heterocycles. The monoisotopic (exact) mass is 321 g/mol. The first kappa shape index (κ1) is 15.0. The molecule has 3 aromatic rings. The molecule has 0 bridgehead atoms. The average Bonchev–Trinajstić information content (AvgIpc) is 3.27. The SMILES string of the molecule is c1cncc(CC2CCN(Cc3nc(-c4ccncc4)no3)C2)c1. The summed E-state index contributed by atoms with van der Waals surface area (Å²) in [6.45, 7) is 2.83. The van der Waals surface area contributed by atoms with Crippen LogP contribution in [-0.2, 0) is 13.0 Å². The van der Waals surface area contributed by atoms with Crippen LogP contribution in [-0.4, -0.2) is 38.1 Å². The molecular formula is C18H19N5O. The molecule has 24 heavy (non-hydrogen) atoms. The molecule has 0 amide bonds. The lowest BCUT2D eigenvalue weighted by molar-refractivity contribution is 0.260. The summed E-state index contributed by atoms with van der Waals surface area (Å²) in [6.07, 6.45) is 9.52. The Hall–Kier alpha value is -2.60. The number of nitrogens with zero attached hydrogens (tertiary/aromatic N) is 5. The number of pyridine rings is 2. The minimum Gasteiger partial charge on any atom is -0.338 e. The van der Waals surface area contributed by atoms with E-state index in [-0.39, 0.29) is 0 Å². The first-order valence-electron chi connectivity index (χ1n) is 8.21. The van der Waals surface area contributed by atoms with Gasteiger partial charge in [-0.25, -0.2) is 0 Å². The highest BCUT2D eigenvalue weighted by Gasteiger charge is 2.24. The van der Waals surface area contributed by atoms with Gasteiger partial charge in [0, 0.05) is 36.9 Å². The Kier molecular flexibility index (Phi) is 4.29. The van der Waals surface area contributed by atoms with E-state index in [1.165, 1.54) is 12.0 Å². The zero-order chi connectivity index (χ0) is 16.2. The van der Waals surface area contributed by atoms with Gasteiger partial charge in [0.1, 0.15) is 0 Å². The average molecular weight is 321 g/mol. The van der Waals surface area contributed by atoms with E-state index in [0.29, 0.717) is 24.2 Å². The smallest absolute Gasteiger partial charge is 0.241 e. The minimum atomic E-state index is 0.624. The molecule has 0 aliphatic carbocycles. The van der Waals surface area contributed by atoms with Gasteiger partial charge in [0.25, 0.3) is 0 Å². The van der Waals surface area contributed by atoms with Crippen molar-refractivity contribution in [3.63, 3.8) is 0 Å². The first-order chi connectivity index (χ1) is 11.9. The highest BCUT2D eigenvalue weighted by atomic mass is 16.5. The van der Waals surface area contributed by atoms with E-state index in [2.05, 4.69) is 31.1 Å². The lowest BCUT2D eigenvalue weighted by Crippen LogP contribution is -2.20. The molecule has 4 heterocycles. The van der Waals surface area contributed by atoms with Crippen LogP contribution >= 0.6 is 0 Å². The lowest BCUT2D eigenvalue weighted by atomic mass is 10.0. The highest BCUT2D eigenvalue weighted by molar-refractivity contribution is 5.52. The quantitative estimate of drug-likeness (QED) is 0.719. The van der Waals surface area contributed by atoms with Crippen molar-refractivity contribution in [1.29, 1.82) is 0 Å². The molecular weight excluding hydrogens is 302 g/mol. The molecule has 1 unspecified atom stereocenters. The van der Waals surface area contributed by atoms with E-state index in [4.69, 9.17) is 4.52 Å². The summed E-state index contributed by atoms with van der Waals surface area (Å²) in [7, 11) is 0. The molecule has 0 radical (unpaired) electrons. The Bertz CT molecular complexity index is 774. The molecule has 0 spiro atoms. The van der Waals surface area contributed by atoms with E-state index in [0.717, 1.165) is 25.1 Å². The summed E-state index contributed by atoms with van der Waals surface area (Å²) in [5.74, 6) is 1.96. The number of rotatable bonds is 5. The van der Waals surface area contributed by atoms with Gasteiger partial charge in [-0.15, -0.1) is 0 Å². The van der Waals surface area contributed by atoms with E-state index < -0.39 is 0 Å². The largest absolute Gasteiger partial charge is 0.338 e. The zero-order valence-corrected chi connectivity index (χ0v) is 13.4. The molecule has 1 aliphatic rings. The van der Waals surface area contributed by atoms with Gasteiger partial charge < -0.3 is 4.52 Å². The van der Waals surface area contributed by atoms with Gasteiger partial charge in [-0.3, -0.25) is 14.9 Å². The summed E-state index contributed by atoms with van der Waals surface area (Å²) in [5.41, 5.74) is 2.23. The third kappa shape index (κ3) is 3.49. The van der Waals surface area contributed by atoms with Crippen LogP contribution in [0.2, 0.25) is 0 Å². The molecule has 1 saturated heterocycles. The normalized spacial score (nSPS) is 18.1. The second kappa shape index (κ2) is 6.88.